The molecule has 2 aromatic rings. The van der Waals surface area contributed by atoms with Crippen LogP contribution in [0.15, 0.2) is 42.5 Å². The highest BCUT2D eigenvalue weighted by Gasteiger charge is 2.49. The van der Waals surface area contributed by atoms with Gasteiger partial charge in [-0.3, -0.25) is 9.69 Å². The van der Waals surface area contributed by atoms with Crippen LogP contribution in [-0.4, -0.2) is 55.1 Å². The standard InChI is InChI=1S/C21H22N2O7/c1-21(13-3-8-17-18(9-13)30-12-29-17)19(25)23(20(26)22-21)10-14(24)11-28-16-6-4-15(27-2)5-7-16/h3-9,14,24H,10-12H2,1-2H3,(H,22,26)/t14-,21+/m0/s1. The summed E-state index contributed by atoms with van der Waals surface area (Å²) in [6.07, 6.45) is -1.05. The van der Waals surface area contributed by atoms with Gasteiger partial charge in [-0.2, -0.15) is 0 Å². The van der Waals surface area contributed by atoms with Crippen LogP contribution in [0.2, 0.25) is 0 Å². The first-order chi connectivity index (χ1) is 14.4. The summed E-state index contributed by atoms with van der Waals surface area (Å²) in [5, 5.41) is 13.0. The number of nitrogens with zero attached hydrogens (tertiary/aromatic N) is 1. The van der Waals surface area contributed by atoms with Crippen molar-refractivity contribution >= 4 is 11.9 Å². The molecule has 0 bridgehead atoms. The normalized spacial score (nSPS) is 20.8. The summed E-state index contributed by atoms with van der Waals surface area (Å²) in [7, 11) is 1.56. The molecule has 2 aliphatic heterocycles. The van der Waals surface area contributed by atoms with Crippen molar-refractivity contribution in [3.63, 3.8) is 0 Å². The molecule has 2 heterocycles. The number of benzene rings is 2. The molecule has 3 amide bonds. The van der Waals surface area contributed by atoms with E-state index >= 15 is 0 Å². The second-order valence-electron chi connectivity index (χ2n) is 7.18. The quantitative estimate of drug-likeness (QED) is 0.663. The van der Waals surface area contributed by atoms with Crippen LogP contribution in [0.3, 0.4) is 0 Å². The average molecular weight is 414 g/mol. The Kier molecular flexibility index (Phi) is 5.13. The molecule has 9 nitrogen and oxygen atoms in total. The van der Waals surface area contributed by atoms with Gasteiger partial charge in [0.25, 0.3) is 5.91 Å². The van der Waals surface area contributed by atoms with Crippen molar-refractivity contribution in [1.29, 1.82) is 0 Å². The number of hydrogen-bond acceptors (Lipinski definition) is 7. The lowest BCUT2D eigenvalue weighted by atomic mass is 9.91. The van der Waals surface area contributed by atoms with Crippen molar-refractivity contribution in [1.82, 2.24) is 10.2 Å². The van der Waals surface area contributed by atoms with E-state index in [0.717, 1.165) is 4.90 Å². The molecule has 2 atom stereocenters. The summed E-state index contributed by atoms with van der Waals surface area (Å²) in [6, 6.07) is 11.4. The fourth-order valence-electron chi connectivity index (χ4n) is 3.39. The SMILES string of the molecule is COc1ccc(OC[C@@H](O)CN2C(=O)N[C@](C)(c3ccc4c(c3)OCO4)C2=O)cc1. The number of nitrogens with one attached hydrogen (secondary N) is 1. The third-order valence-corrected chi connectivity index (χ3v) is 5.12. The molecule has 30 heavy (non-hydrogen) atoms. The molecule has 0 unspecified atom stereocenters. The van der Waals surface area contributed by atoms with Gasteiger partial charge in [0, 0.05) is 0 Å². The third kappa shape index (κ3) is 3.59. The van der Waals surface area contributed by atoms with E-state index in [4.69, 9.17) is 18.9 Å². The number of carbonyl (C=O) groups excluding carboxylic acids is 2. The fourth-order valence-corrected chi connectivity index (χ4v) is 3.39. The van der Waals surface area contributed by atoms with Crippen LogP contribution in [0, 0.1) is 0 Å². The summed E-state index contributed by atoms with van der Waals surface area (Å²) in [4.78, 5) is 26.5. The third-order valence-electron chi connectivity index (χ3n) is 5.12. The van der Waals surface area contributed by atoms with Crippen LogP contribution >= 0.6 is 0 Å². The molecule has 0 aromatic heterocycles. The Balaban J connectivity index is 1.40. The minimum Gasteiger partial charge on any atom is -0.497 e. The van der Waals surface area contributed by atoms with Crippen molar-refractivity contribution in [2.24, 2.45) is 0 Å². The number of aliphatic hydroxyl groups excluding tert-OH is 1. The molecule has 2 aromatic carbocycles. The first kappa shape index (κ1) is 19.8. The number of methoxy groups -OCH3 is 1. The topological polar surface area (TPSA) is 107 Å². The van der Waals surface area contributed by atoms with Crippen molar-refractivity contribution in [2.45, 2.75) is 18.6 Å². The molecule has 158 valence electrons. The summed E-state index contributed by atoms with van der Waals surface area (Å²) in [5.41, 5.74) is -0.703. The minimum atomic E-state index is -1.27. The molecule has 9 heteroatoms. The first-order valence-electron chi connectivity index (χ1n) is 9.40. The smallest absolute Gasteiger partial charge is 0.325 e. The Bertz CT molecular complexity index is 962. The van der Waals surface area contributed by atoms with Gasteiger partial charge in [-0.25, -0.2) is 4.79 Å². The van der Waals surface area contributed by atoms with Crippen LogP contribution in [0.1, 0.15) is 12.5 Å². The number of ether oxygens (including phenoxy) is 4. The van der Waals surface area contributed by atoms with Gasteiger partial charge in [-0.1, -0.05) is 6.07 Å². The molecule has 1 fully saturated rings. The lowest BCUT2D eigenvalue weighted by Crippen LogP contribution is -2.42. The molecule has 0 radical (unpaired) electrons. The molecule has 0 spiro atoms. The number of carbonyl (C=O) groups is 2. The maximum atomic E-state index is 13.0. The Hall–Kier alpha value is -3.46. The molecule has 0 saturated carbocycles. The number of imide groups is 1. The summed E-state index contributed by atoms with van der Waals surface area (Å²) < 4.78 is 21.3. The molecule has 4 rings (SSSR count). The number of β-amino-alcohol motifs (C(OH)–C–C–N with tert-alkyl or cyclic N) is 1. The van der Waals surface area contributed by atoms with Crippen LogP contribution < -0.4 is 24.3 Å². The summed E-state index contributed by atoms with van der Waals surface area (Å²) in [6.45, 7) is 1.46. The largest absolute Gasteiger partial charge is 0.497 e. The fraction of sp³-hybridized carbons (Fsp3) is 0.333. The number of amides is 3. The number of fused-ring (bicyclic) bond motifs is 1. The van der Waals surface area contributed by atoms with Crippen molar-refractivity contribution in [3.05, 3.63) is 48.0 Å². The Morgan fingerprint density at radius 1 is 1.13 bits per heavy atom. The van der Waals surface area contributed by atoms with Crippen LogP contribution in [0.5, 0.6) is 23.0 Å². The van der Waals surface area contributed by atoms with Crippen molar-refractivity contribution in [2.75, 3.05) is 27.1 Å². The Labute approximate surface area is 173 Å². The number of rotatable bonds is 7. The zero-order valence-electron chi connectivity index (χ0n) is 16.6. The monoisotopic (exact) mass is 414 g/mol. The lowest BCUT2D eigenvalue weighted by molar-refractivity contribution is -0.132. The molecule has 2 aliphatic rings. The average Bonchev–Trinajstić information content (AvgIpc) is 3.31. The minimum absolute atomic E-state index is 0.0792. The van der Waals surface area contributed by atoms with Gasteiger partial charge in [0.1, 0.15) is 29.7 Å². The molecular weight excluding hydrogens is 392 g/mol. The van der Waals surface area contributed by atoms with Gasteiger partial charge in [-0.15, -0.1) is 0 Å². The Morgan fingerprint density at radius 2 is 1.83 bits per heavy atom. The molecular formula is C21H22N2O7. The second kappa shape index (κ2) is 7.75. The van der Waals surface area contributed by atoms with Gasteiger partial charge >= 0.3 is 6.03 Å². The number of hydrogen-bond donors (Lipinski definition) is 2. The zero-order valence-corrected chi connectivity index (χ0v) is 16.6. The van der Waals surface area contributed by atoms with Crippen LogP contribution in [0.25, 0.3) is 0 Å². The van der Waals surface area contributed by atoms with E-state index < -0.39 is 23.6 Å². The van der Waals surface area contributed by atoms with Gasteiger partial charge in [0.15, 0.2) is 11.5 Å². The molecule has 0 aliphatic carbocycles. The highest BCUT2D eigenvalue weighted by molar-refractivity contribution is 6.07. The van der Waals surface area contributed by atoms with Crippen molar-refractivity contribution < 1.29 is 33.6 Å². The van der Waals surface area contributed by atoms with Crippen molar-refractivity contribution in [3.8, 4) is 23.0 Å². The molecule has 1 saturated heterocycles. The number of urea groups is 1. The maximum absolute atomic E-state index is 13.0. The second-order valence-corrected chi connectivity index (χ2v) is 7.18. The first-order valence-corrected chi connectivity index (χ1v) is 9.40. The van der Waals surface area contributed by atoms with Gasteiger partial charge < -0.3 is 29.4 Å². The van der Waals surface area contributed by atoms with Crippen LogP contribution in [-0.2, 0) is 10.3 Å². The maximum Gasteiger partial charge on any atom is 0.325 e. The van der Waals surface area contributed by atoms with E-state index in [1.807, 2.05) is 0 Å². The summed E-state index contributed by atoms with van der Waals surface area (Å²) in [5.74, 6) is 1.86. The van der Waals surface area contributed by atoms with Crippen LogP contribution in [0.4, 0.5) is 4.79 Å². The van der Waals surface area contributed by atoms with E-state index in [1.54, 1.807) is 56.5 Å². The van der Waals surface area contributed by atoms with E-state index in [9.17, 15) is 14.7 Å². The van der Waals surface area contributed by atoms with Gasteiger partial charge in [-0.05, 0) is 48.9 Å². The zero-order chi connectivity index (χ0) is 21.3. The predicted octanol–water partition coefficient (Wildman–Crippen LogP) is 1.63. The van der Waals surface area contributed by atoms with Gasteiger partial charge in [0.2, 0.25) is 6.79 Å². The van der Waals surface area contributed by atoms with E-state index in [2.05, 4.69) is 5.32 Å². The predicted molar refractivity (Wildman–Crippen MR) is 105 cm³/mol. The van der Waals surface area contributed by atoms with E-state index in [1.165, 1.54) is 0 Å². The summed E-state index contributed by atoms with van der Waals surface area (Å²) >= 11 is 0. The highest BCUT2D eigenvalue weighted by Crippen LogP contribution is 2.37. The van der Waals surface area contributed by atoms with E-state index in [-0.39, 0.29) is 19.9 Å². The number of aliphatic hydroxyl groups is 1. The highest BCUT2D eigenvalue weighted by atomic mass is 16.7. The lowest BCUT2D eigenvalue weighted by Gasteiger charge is -2.23. The Morgan fingerprint density at radius 3 is 2.57 bits per heavy atom. The van der Waals surface area contributed by atoms with E-state index in [0.29, 0.717) is 28.6 Å². The van der Waals surface area contributed by atoms with Gasteiger partial charge in [0.05, 0.1) is 13.7 Å². The molecule has 2 N–H and O–H groups in total.